The SMILES string of the molecule is CCn1c(CN2CCC(C(=O)N3CCN(c4cc(Cl)ccc4Cl)CC3)CC2)nc2ccccc21. The summed E-state index contributed by atoms with van der Waals surface area (Å²) in [5.41, 5.74) is 3.21. The van der Waals surface area contributed by atoms with Gasteiger partial charge in [0.15, 0.2) is 0 Å². The molecule has 5 rings (SSSR count). The monoisotopic (exact) mass is 499 g/mol. The Morgan fingerprint density at radius 3 is 2.47 bits per heavy atom. The largest absolute Gasteiger partial charge is 0.367 e. The predicted octanol–water partition coefficient (Wildman–Crippen LogP) is 4.92. The number of aromatic nitrogens is 2. The lowest BCUT2D eigenvalue weighted by atomic mass is 9.95. The Kier molecular flexibility index (Phi) is 7.00. The summed E-state index contributed by atoms with van der Waals surface area (Å²) in [6.07, 6.45) is 1.82. The van der Waals surface area contributed by atoms with Crippen LogP contribution in [0.5, 0.6) is 0 Å². The molecule has 1 aromatic heterocycles. The highest BCUT2D eigenvalue weighted by atomic mass is 35.5. The van der Waals surface area contributed by atoms with E-state index in [4.69, 9.17) is 28.2 Å². The second-order valence-electron chi connectivity index (χ2n) is 9.22. The number of halogens is 2. The van der Waals surface area contributed by atoms with Crippen LogP contribution in [0, 0.1) is 5.92 Å². The normalized spacial score (nSPS) is 18.1. The van der Waals surface area contributed by atoms with Crippen LogP contribution < -0.4 is 4.90 Å². The van der Waals surface area contributed by atoms with Crippen LogP contribution in [-0.4, -0.2) is 64.5 Å². The summed E-state index contributed by atoms with van der Waals surface area (Å²) >= 11 is 12.5. The van der Waals surface area contributed by atoms with Gasteiger partial charge in [-0.1, -0.05) is 35.3 Å². The third-order valence-electron chi connectivity index (χ3n) is 7.19. The zero-order chi connectivity index (χ0) is 23.7. The quantitative estimate of drug-likeness (QED) is 0.499. The third kappa shape index (κ3) is 4.77. The number of rotatable bonds is 5. The predicted molar refractivity (Wildman–Crippen MR) is 139 cm³/mol. The number of hydrogen-bond acceptors (Lipinski definition) is 4. The van der Waals surface area contributed by atoms with Crippen LogP contribution in [0.1, 0.15) is 25.6 Å². The topological polar surface area (TPSA) is 44.6 Å². The number of nitrogens with zero attached hydrogens (tertiary/aromatic N) is 5. The van der Waals surface area contributed by atoms with Crippen LogP contribution >= 0.6 is 23.2 Å². The molecule has 0 bridgehead atoms. The number of anilines is 1. The summed E-state index contributed by atoms with van der Waals surface area (Å²) in [5.74, 6) is 1.53. The summed E-state index contributed by atoms with van der Waals surface area (Å²) in [5, 5.41) is 1.38. The molecule has 0 atom stereocenters. The molecule has 2 fully saturated rings. The lowest BCUT2D eigenvalue weighted by molar-refractivity contribution is -0.137. The fraction of sp³-hybridized carbons (Fsp3) is 0.462. The summed E-state index contributed by atoms with van der Waals surface area (Å²) in [4.78, 5) is 24.8. The number of para-hydroxylation sites is 2. The first-order chi connectivity index (χ1) is 16.5. The molecule has 2 aliphatic heterocycles. The van der Waals surface area contributed by atoms with E-state index in [0.29, 0.717) is 16.0 Å². The molecule has 180 valence electrons. The van der Waals surface area contributed by atoms with Crippen LogP contribution in [0.25, 0.3) is 11.0 Å². The van der Waals surface area contributed by atoms with Gasteiger partial charge >= 0.3 is 0 Å². The number of imidazole rings is 1. The maximum absolute atomic E-state index is 13.2. The molecule has 6 nitrogen and oxygen atoms in total. The van der Waals surface area contributed by atoms with Crippen molar-refractivity contribution in [3.05, 3.63) is 58.3 Å². The van der Waals surface area contributed by atoms with Gasteiger partial charge in [0.25, 0.3) is 0 Å². The molecule has 1 amide bonds. The second kappa shape index (κ2) is 10.1. The van der Waals surface area contributed by atoms with Crippen LogP contribution in [0.4, 0.5) is 5.69 Å². The minimum Gasteiger partial charge on any atom is -0.367 e. The summed E-state index contributed by atoms with van der Waals surface area (Å²) in [6.45, 7) is 8.78. The van der Waals surface area contributed by atoms with Crippen molar-refractivity contribution in [1.82, 2.24) is 19.4 Å². The summed E-state index contributed by atoms with van der Waals surface area (Å²) < 4.78 is 2.30. The Labute approximate surface area is 211 Å². The molecule has 3 heterocycles. The van der Waals surface area contributed by atoms with Gasteiger partial charge in [0.1, 0.15) is 5.82 Å². The van der Waals surface area contributed by atoms with Crippen LogP contribution in [-0.2, 0) is 17.9 Å². The van der Waals surface area contributed by atoms with Gasteiger partial charge in [0.05, 0.1) is 28.3 Å². The standard InChI is InChI=1S/C26H31Cl2N5O/c1-2-33-23-6-4-3-5-22(23)29-25(33)18-30-11-9-19(10-12-30)26(34)32-15-13-31(14-16-32)24-17-20(27)7-8-21(24)28/h3-8,17,19H,2,9-16,18H2,1H3. The van der Waals surface area contributed by atoms with Gasteiger partial charge < -0.3 is 14.4 Å². The number of fused-ring (bicyclic) bond motifs is 1. The summed E-state index contributed by atoms with van der Waals surface area (Å²) in [7, 11) is 0. The molecule has 8 heteroatoms. The van der Waals surface area contributed by atoms with E-state index in [0.717, 1.165) is 82.2 Å². The van der Waals surface area contributed by atoms with Gasteiger partial charge in [-0.2, -0.15) is 0 Å². The van der Waals surface area contributed by atoms with E-state index in [1.807, 2.05) is 23.1 Å². The number of benzene rings is 2. The minimum atomic E-state index is 0.113. The average Bonchev–Trinajstić information content (AvgIpc) is 3.22. The fourth-order valence-electron chi connectivity index (χ4n) is 5.29. The van der Waals surface area contributed by atoms with E-state index >= 15 is 0 Å². The van der Waals surface area contributed by atoms with E-state index in [2.05, 4.69) is 39.5 Å². The molecule has 0 N–H and O–H groups in total. The lowest BCUT2D eigenvalue weighted by Gasteiger charge is -2.39. The molecule has 3 aromatic rings. The number of aryl methyl sites for hydroxylation is 1. The van der Waals surface area contributed by atoms with E-state index in [1.165, 1.54) is 5.52 Å². The van der Waals surface area contributed by atoms with Gasteiger partial charge in [-0.25, -0.2) is 4.98 Å². The van der Waals surface area contributed by atoms with Crippen molar-refractivity contribution in [3.8, 4) is 0 Å². The number of piperidine rings is 1. The Bertz CT molecular complexity index is 1160. The molecular weight excluding hydrogens is 469 g/mol. The van der Waals surface area contributed by atoms with Crippen molar-refractivity contribution < 1.29 is 4.79 Å². The number of amides is 1. The van der Waals surface area contributed by atoms with Crippen molar-refractivity contribution in [2.75, 3.05) is 44.2 Å². The second-order valence-corrected chi connectivity index (χ2v) is 10.1. The Morgan fingerprint density at radius 1 is 1.00 bits per heavy atom. The first kappa shape index (κ1) is 23.5. The molecule has 0 aliphatic carbocycles. The number of hydrogen-bond donors (Lipinski definition) is 0. The molecule has 0 spiro atoms. The highest BCUT2D eigenvalue weighted by Gasteiger charge is 2.31. The van der Waals surface area contributed by atoms with E-state index in [9.17, 15) is 4.79 Å². The van der Waals surface area contributed by atoms with Gasteiger partial charge in [0, 0.05) is 43.7 Å². The molecular formula is C26H31Cl2N5O. The van der Waals surface area contributed by atoms with Gasteiger partial charge in [-0.15, -0.1) is 0 Å². The highest BCUT2D eigenvalue weighted by Crippen LogP contribution is 2.30. The molecule has 2 saturated heterocycles. The third-order valence-corrected chi connectivity index (χ3v) is 7.75. The lowest BCUT2D eigenvalue weighted by Crippen LogP contribution is -2.51. The minimum absolute atomic E-state index is 0.113. The Hall–Kier alpha value is -2.28. The number of piperazine rings is 1. The molecule has 0 saturated carbocycles. The Morgan fingerprint density at radius 2 is 1.74 bits per heavy atom. The molecule has 2 aliphatic rings. The van der Waals surface area contributed by atoms with E-state index in [-0.39, 0.29) is 5.92 Å². The van der Waals surface area contributed by atoms with Gasteiger partial charge in [-0.3, -0.25) is 9.69 Å². The zero-order valence-electron chi connectivity index (χ0n) is 19.6. The maximum atomic E-state index is 13.2. The molecule has 34 heavy (non-hydrogen) atoms. The van der Waals surface area contributed by atoms with E-state index in [1.54, 1.807) is 6.07 Å². The highest BCUT2D eigenvalue weighted by molar-refractivity contribution is 6.35. The van der Waals surface area contributed by atoms with Gasteiger partial charge in [-0.05, 0) is 63.2 Å². The first-order valence-electron chi connectivity index (χ1n) is 12.2. The first-order valence-corrected chi connectivity index (χ1v) is 12.9. The van der Waals surface area contributed by atoms with Crippen molar-refractivity contribution in [2.24, 2.45) is 5.92 Å². The smallest absolute Gasteiger partial charge is 0.225 e. The van der Waals surface area contributed by atoms with Crippen LogP contribution in [0.15, 0.2) is 42.5 Å². The summed E-state index contributed by atoms with van der Waals surface area (Å²) in [6, 6.07) is 13.9. The van der Waals surface area contributed by atoms with Gasteiger partial charge in [0.2, 0.25) is 5.91 Å². The van der Waals surface area contributed by atoms with Crippen LogP contribution in [0.3, 0.4) is 0 Å². The number of carbonyl (C=O) groups excluding carboxylic acids is 1. The molecule has 2 aromatic carbocycles. The fourth-order valence-corrected chi connectivity index (χ4v) is 5.69. The molecule has 0 radical (unpaired) electrons. The molecule has 0 unspecified atom stereocenters. The average molecular weight is 500 g/mol. The number of likely N-dealkylation sites (tertiary alicyclic amines) is 1. The van der Waals surface area contributed by atoms with Crippen LogP contribution in [0.2, 0.25) is 10.0 Å². The Balaban J connectivity index is 1.14. The maximum Gasteiger partial charge on any atom is 0.225 e. The van der Waals surface area contributed by atoms with E-state index < -0.39 is 0 Å². The van der Waals surface area contributed by atoms with Crippen molar-refractivity contribution in [3.63, 3.8) is 0 Å². The number of carbonyl (C=O) groups is 1. The van der Waals surface area contributed by atoms with Crippen molar-refractivity contribution in [2.45, 2.75) is 32.9 Å². The van der Waals surface area contributed by atoms with Crippen molar-refractivity contribution in [1.29, 1.82) is 0 Å². The van der Waals surface area contributed by atoms with Crippen molar-refractivity contribution >= 4 is 45.8 Å². The zero-order valence-corrected chi connectivity index (χ0v) is 21.1.